The van der Waals surface area contributed by atoms with Crippen LogP contribution < -0.4 is 15.8 Å². The van der Waals surface area contributed by atoms with E-state index >= 15 is 0 Å². The number of carbonyl (C=O) groups excluding carboxylic acids is 1. The number of methoxy groups -OCH3 is 1. The molecule has 0 aliphatic heterocycles. The van der Waals surface area contributed by atoms with E-state index < -0.39 is 6.04 Å². The number of carbonyl (C=O) groups is 1. The second kappa shape index (κ2) is 8.55. The summed E-state index contributed by atoms with van der Waals surface area (Å²) in [6.45, 7) is 5.07. The number of amides is 1. The van der Waals surface area contributed by atoms with E-state index in [1.165, 1.54) is 0 Å². The molecule has 0 fully saturated rings. The first kappa shape index (κ1) is 16.5. The van der Waals surface area contributed by atoms with Gasteiger partial charge in [-0.3, -0.25) is 4.79 Å². The minimum atomic E-state index is -0.493. The van der Waals surface area contributed by atoms with Crippen molar-refractivity contribution in [2.45, 2.75) is 26.3 Å². The van der Waals surface area contributed by atoms with E-state index in [-0.39, 0.29) is 5.91 Å². The Labute approximate surface area is 120 Å². The number of ether oxygens (including phenoxy) is 2. The third-order valence-corrected chi connectivity index (χ3v) is 2.72. The molecule has 1 amide bonds. The van der Waals surface area contributed by atoms with Gasteiger partial charge in [0.15, 0.2) is 0 Å². The highest BCUT2D eigenvalue weighted by Crippen LogP contribution is 2.17. The van der Waals surface area contributed by atoms with Gasteiger partial charge in [0.1, 0.15) is 12.4 Å². The van der Waals surface area contributed by atoms with Gasteiger partial charge < -0.3 is 20.5 Å². The Morgan fingerprint density at radius 2 is 2.10 bits per heavy atom. The monoisotopic (exact) mass is 280 g/mol. The average molecular weight is 280 g/mol. The fraction of sp³-hybridized carbons (Fsp3) is 0.533. The summed E-state index contributed by atoms with van der Waals surface area (Å²) in [5.41, 5.74) is 6.53. The van der Waals surface area contributed by atoms with Gasteiger partial charge in [0.2, 0.25) is 5.91 Å². The van der Waals surface area contributed by atoms with Crippen LogP contribution in [-0.2, 0) is 9.53 Å². The van der Waals surface area contributed by atoms with E-state index in [2.05, 4.69) is 5.32 Å². The van der Waals surface area contributed by atoms with E-state index in [9.17, 15) is 4.79 Å². The van der Waals surface area contributed by atoms with Crippen LogP contribution in [-0.4, -0.2) is 32.3 Å². The lowest BCUT2D eigenvalue weighted by Crippen LogP contribution is -2.36. The van der Waals surface area contributed by atoms with E-state index in [0.717, 1.165) is 0 Å². The summed E-state index contributed by atoms with van der Waals surface area (Å²) in [6, 6.07) is 6.75. The maximum atomic E-state index is 11.9. The number of rotatable bonds is 8. The number of nitrogens with two attached hydrogens (primary N) is 1. The van der Waals surface area contributed by atoms with E-state index in [1.807, 2.05) is 32.0 Å². The Hall–Kier alpha value is -1.59. The molecule has 0 heterocycles. The van der Waals surface area contributed by atoms with Crippen LogP contribution in [0.4, 0.5) is 5.69 Å². The summed E-state index contributed by atoms with van der Waals surface area (Å²) in [5, 5.41) is 2.80. The summed E-state index contributed by atoms with van der Waals surface area (Å²) in [4.78, 5) is 11.9. The zero-order valence-corrected chi connectivity index (χ0v) is 12.4. The fourth-order valence-corrected chi connectivity index (χ4v) is 1.76. The van der Waals surface area contributed by atoms with Crippen LogP contribution in [0.5, 0.6) is 5.75 Å². The normalized spacial score (nSPS) is 12.2. The molecule has 0 aromatic heterocycles. The molecular formula is C15H24N2O3. The van der Waals surface area contributed by atoms with Crippen LogP contribution in [0.15, 0.2) is 24.3 Å². The highest BCUT2D eigenvalue weighted by atomic mass is 16.5. The molecule has 0 unspecified atom stereocenters. The summed E-state index contributed by atoms with van der Waals surface area (Å²) in [6.07, 6.45) is 0.663. The Bertz CT molecular complexity index is 421. The number of nitrogens with one attached hydrogen (secondary N) is 1. The molecule has 1 rings (SSSR count). The molecule has 3 N–H and O–H groups in total. The van der Waals surface area contributed by atoms with E-state index in [4.69, 9.17) is 15.2 Å². The van der Waals surface area contributed by atoms with E-state index in [0.29, 0.717) is 37.0 Å². The quantitative estimate of drug-likeness (QED) is 0.715. The molecule has 0 saturated carbocycles. The van der Waals surface area contributed by atoms with Crippen molar-refractivity contribution in [2.24, 2.45) is 11.7 Å². The van der Waals surface area contributed by atoms with Gasteiger partial charge in [0, 0.05) is 18.9 Å². The minimum absolute atomic E-state index is 0.173. The molecule has 112 valence electrons. The Kier molecular flexibility index (Phi) is 7.04. The zero-order valence-electron chi connectivity index (χ0n) is 12.4. The summed E-state index contributed by atoms with van der Waals surface area (Å²) in [7, 11) is 1.62. The fourth-order valence-electron chi connectivity index (χ4n) is 1.76. The summed E-state index contributed by atoms with van der Waals surface area (Å²) < 4.78 is 10.4. The Morgan fingerprint density at radius 1 is 1.35 bits per heavy atom. The molecule has 1 atom stereocenters. The van der Waals surface area contributed by atoms with Gasteiger partial charge in [-0.2, -0.15) is 0 Å². The second-order valence-corrected chi connectivity index (χ2v) is 5.09. The van der Waals surface area contributed by atoms with Crippen molar-refractivity contribution in [3.63, 3.8) is 0 Å². The first-order chi connectivity index (χ1) is 9.52. The van der Waals surface area contributed by atoms with Gasteiger partial charge in [-0.05, 0) is 24.5 Å². The molecule has 1 aromatic carbocycles. The summed E-state index contributed by atoms with van der Waals surface area (Å²) >= 11 is 0. The van der Waals surface area contributed by atoms with Crippen molar-refractivity contribution in [1.29, 1.82) is 0 Å². The van der Waals surface area contributed by atoms with Crippen molar-refractivity contribution in [1.82, 2.24) is 0 Å². The van der Waals surface area contributed by atoms with Crippen LogP contribution in [0.25, 0.3) is 0 Å². The maximum absolute atomic E-state index is 11.9. The SMILES string of the molecule is COCCOc1cccc(NC(=O)[C@@H](N)CC(C)C)c1. The standard InChI is InChI=1S/C15H24N2O3/c1-11(2)9-14(16)15(18)17-12-5-4-6-13(10-12)20-8-7-19-3/h4-6,10-11,14H,7-9,16H2,1-3H3,(H,17,18)/t14-/m0/s1. The molecule has 0 aliphatic rings. The molecular weight excluding hydrogens is 256 g/mol. The van der Waals surface area contributed by atoms with Crippen LogP contribution in [0.2, 0.25) is 0 Å². The highest BCUT2D eigenvalue weighted by molar-refractivity contribution is 5.94. The molecule has 1 aromatic rings. The molecule has 0 aliphatic carbocycles. The predicted molar refractivity (Wildman–Crippen MR) is 79.9 cm³/mol. The predicted octanol–water partition coefficient (Wildman–Crippen LogP) is 2.02. The first-order valence-electron chi connectivity index (χ1n) is 6.81. The summed E-state index contributed by atoms with van der Waals surface area (Å²) in [5.74, 6) is 0.907. The molecule has 20 heavy (non-hydrogen) atoms. The molecule has 5 heteroatoms. The third-order valence-electron chi connectivity index (χ3n) is 2.72. The number of benzene rings is 1. The average Bonchev–Trinajstić information content (AvgIpc) is 2.38. The second-order valence-electron chi connectivity index (χ2n) is 5.09. The third kappa shape index (κ3) is 6.04. The van der Waals surface area contributed by atoms with Gasteiger partial charge in [-0.25, -0.2) is 0 Å². The van der Waals surface area contributed by atoms with Crippen molar-refractivity contribution in [2.75, 3.05) is 25.6 Å². The highest BCUT2D eigenvalue weighted by Gasteiger charge is 2.15. The van der Waals surface area contributed by atoms with Crippen LogP contribution >= 0.6 is 0 Å². The Morgan fingerprint density at radius 3 is 2.75 bits per heavy atom. The first-order valence-corrected chi connectivity index (χ1v) is 6.81. The lowest BCUT2D eigenvalue weighted by molar-refractivity contribution is -0.117. The van der Waals surface area contributed by atoms with Crippen LogP contribution in [0, 0.1) is 5.92 Å². The molecule has 0 bridgehead atoms. The topological polar surface area (TPSA) is 73.6 Å². The number of hydrogen-bond acceptors (Lipinski definition) is 4. The van der Waals surface area contributed by atoms with Crippen molar-refractivity contribution in [3.8, 4) is 5.75 Å². The molecule has 0 spiro atoms. The van der Waals surface area contributed by atoms with Crippen molar-refractivity contribution < 1.29 is 14.3 Å². The number of hydrogen-bond donors (Lipinski definition) is 2. The van der Waals surface area contributed by atoms with Crippen LogP contribution in [0.3, 0.4) is 0 Å². The lowest BCUT2D eigenvalue weighted by atomic mass is 10.0. The van der Waals surface area contributed by atoms with Crippen molar-refractivity contribution in [3.05, 3.63) is 24.3 Å². The smallest absolute Gasteiger partial charge is 0.241 e. The molecule has 0 saturated heterocycles. The zero-order chi connectivity index (χ0) is 15.0. The lowest BCUT2D eigenvalue weighted by Gasteiger charge is -2.14. The van der Waals surface area contributed by atoms with Crippen LogP contribution in [0.1, 0.15) is 20.3 Å². The number of anilines is 1. The maximum Gasteiger partial charge on any atom is 0.241 e. The molecule has 5 nitrogen and oxygen atoms in total. The van der Waals surface area contributed by atoms with Gasteiger partial charge in [-0.1, -0.05) is 19.9 Å². The van der Waals surface area contributed by atoms with Gasteiger partial charge >= 0.3 is 0 Å². The minimum Gasteiger partial charge on any atom is -0.491 e. The van der Waals surface area contributed by atoms with Crippen molar-refractivity contribution >= 4 is 11.6 Å². The van der Waals surface area contributed by atoms with Gasteiger partial charge in [0.25, 0.3) is 0 Å². The largest absolute Gasteiger partial charge is 0.491 e. The van der Waals surface area contributed by atoms with Gasteiger partial charge in [-0.15, -0.1) is 0 Å². The Balaban J connectivity index is 2.54. The molecule has 0 radical (unpaired) electrons. The van der Waals surface area contributed by atoms with E-state index in [1.54, 1.807) is 13.2 Å². The van der Waals surface area contributed by atoms with Gasteiger partial charge in [0.05, 0.1) is 12.6 Å².